The highest BCUT2D eigenvalue weighted by Gasteiger charge is 2.11. The lowest BCUT2D eigenvalue weighted by molar-refractivity contribution is -0.981. The molecule has 0 N–H and O–H groups in total. The fourth-order valence-corrected chi connectivity index (χ4v) is 4.35. The van der Waals surface area contributed by atoms with Gasteiger partial charge >= 0.3 is 5.09 Å². The van der Waals surface area contributed by atoms with Gasteiger partial charge in [-0.1, -0.05) is 169 Å². The zero-order valence-electron chi connectivity index (χ0n) is 25.5. The van der Waals surface area contributed by atoms with E-state index in [-0.39, 0.29) is 5.09 Å². The first kappa shape index (κ1) is 37.4. The standard InChI is InChI=1S/C16H34NO3.C16H34/c1-3-5-7-9-11-13-15-19-17(18)20-16-14-12-10-8-6-4-2;1-3-5-7-9-11-13-15-16-14-12-10-8-6-4-2/h3-16H2,1-2H3;3-16H2,1-2H3/q+1;. The Balaban J connectivity index is 0. The Morgan fingerprint density at radius 1 is 0.333 bits per heavy atom. The summed E-state index contributed by atoms with van der Waals surface area (Å²) < 4.78 is 0. The van der Waals surface area contributed by atoms with Gasteiger partial charge in [-0.3, -0.25) is 0 Å². The summed E-state index contributed by atoms with van der Waals surface area (Å²) in [5, 5.41) is 0.290. The molecule has 36 heavy (non-hydrogen) atoms. The monoisotopic (exact) mass is 515 g/mol. The van der Waals surface area contributed by atoms with E-state index in [2.05, 4.69) is 27.7 Å². The molecule has 218 valence electrons. The Labute approximate surface area is 227 Å². The summed E-state index contributed by atoms with van der Waals surface area (Å²) in [6.45, 7) is 9.93. The van der Waals surface area contributed by atoms with E-state index in [4.69, 9.17) is 9.68 Å². The third-order valence-corrected chi connectivity index (χ3v) is 6.85. The molecule has 0 saturated heterocycles. The van der Waals surface area contributed by atoms with Crippen molar-refractivity contribution in [2.45, 2.75) is 195 Å². The van der Waals surface area contributed by atoms with Crippen molar-refractivity contribution in [2.75, 3.05) is 13.2 Å². The van der Waals surface area contributed by atoms with Crippen LogP contribution < -0.4 is 0 Å². The number of hydrogen-bond donors (Lipinski definition) is 0. The maximum absolute atomic E-state index is 11.2. The van der Waals surface area contributed by atoms with Crippen molar-refractivity contribution in [3.8, 4) is 0 Å². The van der Waals surface area contributed by atoms with Crippen LogP contribution in [0.2, 0.25) is 0 Å². The Morgan fingerprint density at radius 2 is 0.528 bits per heavy atom. The molecule has 0 saturated carbocycles. The lowest BCUT2D eigenvalue weighted by Gasteiger charge is -2.02. The van der Waals surface area contributed by atoms with Crippen molar-refractivity contribution in [1.29, 1.82) is 0 Å². The SMILES string of the molecule is CCCCCCCCCCCCCCCC.CCCCCCCCO[N+](=O)OCCCCCCCC. The molecule has 0 aromatic rings. The van der Waals surface area contributed by atoms with Crippen molar-refractivity contribution in [3.63, 3.8) is 0 Å². The molecule has 0 amide bonds. The largest absolute Gasteiger partial charge is 0.477 e. The molecule has 4 nitrogen and oxygen atoms in total. The van der Waals surface area contributed by atoms with E-state index < -0.39 is 0 Å². The van der Waals surface area contributed by atoms with Gasteiger partial charge in [0.1, 0.15) is 4.91 Å². The van der Waals surface area contributed by atoms with E-state index in [1.165, 1.54) is 141 Å². The van der Waals surface area contributed by atoms with Crippen molar-refractivity contribution < 1.29 is 14.8 Å². The van der Waals surface area contributed by atoms with E-state index >= 15 is 0 Å². The van der Waals surface area contributed by atoms with Gasteiger partial charge in [-0.25, -0.2) is 0 Å². The van der Waals surface area contributed by atoms with E-state index in [9.17, 15) is 4.91 Å². The molecule has 0 aliphatic rings. The van der Waals surface area contributed by atoms with Crippen LogP contribution in [0, 0.1) is 4.91 Å². The van der Waals surface area contributed by atoms with Gasteiger partial charge in [-0.05, 0) is 25.7 Å². The highest BCUT2D eigenvalue weighted by molar-refractivity contribution is 4.48. The average Bonchev–Trinajstić information content (AvgIpc) is 2.88. The quantitative estimate of drug-likeness (QED) is 0.0735. The lowest BCUT2D eigenvalue weighted by atomic mass is 10.0. The Hall–Kier alpha value is -0.800. The maximum atomic E-state index is 11.2. The molecule has 0 atom stereocenters. The number of hydrogen-bond acceptors (Lipinski definition) is 3. The van der Waals surface area contributed by atoms with Crippen molar-refractivity contribution in [3.05, 3.63) is 4.91 Å². The second-order valence-electron chi connectivity index (χ2n) is 10.7. The first-order chi connectivity index (χ1) is 17.7. The molecule has 0 radical (unpaired) electrons. The normalized spacial score (nSPS) is 10.7. The van der Waals surface area contributed by atoms with Crippen LogP contribution in [-0.2, 0) is 9.68 Å². The Morgan fingerprint density at radius 3 is 0.750 bits per heavy atom. The van der Waals surface area contributed by atoms with Crippen LogP contribution in [0.15, 0.2) is 0 Å². The minimum absolute atomic E-state index is 0.290. The van der Waals surface area contributed by atoms with E-state index in [1.54, 1.807) is 0 Å². The molecule has 0 rings (SSSR count). The van der Waals surface area contributed by atoms with Crippen molar-refractivity contribution >= 4 is 0 Å². The topological polar surface area (TPSA) is 38.5 Å². The van der Waals surface area contributed by atoms with Crippen LogP contribution in [-0.4, -0.2) is 18.3 Å². The maximum Gasteiger partial charge on any atom is 0.477 e. The molecular weight excluding hydrogens is 446 g/mol. The van der Waals surface area contributed by atoms with Gasteiger partial charge in [0.2, 0.25) is 0 Å². The molecule has 0 heterocycles. The minimum atomic E-state index is 0.290. The summed E-state index contributed by atoms with van der Waals surface area (Å²) in [5.74, 6) is 0. The molecule has 0 unspecified atom stereocenters. The van der Waals surface area contributed by atoms with Crippen LogP contribution in [0.4, 0.5) is 0 Å². The third-order valence-electron chi connectivity index (χ3n) is 6.85. The predicted octanol–water partition coefficient (Wildman–Crippen LogP) is 11.8. The minimum Gasteiger partial charge on any atom is -0.187 e. The first-order valence-corrected chi connectivity index (χ1v) is 16.5. The fourth-order valence-electron chi connectivity index (χ4n) is 4.35. The number of nitrogens with zero attached hydrogens (tertiary/aromatic N) is 1. The van der Waals surface area contributed by atoms with Gasteiger partial charge in [0.05, 0.1) is 0 Å². The summed E-state index contributed by atoms with van der Waals surface area (Å²) in [7, 11) is 0. The van der Waals surface area contributed by atoms with Crippen LogP contribution in [0.5, 0.6) is 0 Å². The van der Waals surface area contributed by atoms with Gasteiger partial charge in [-0.15, -0.1) is 0 Å². The summed E-state index contributed by atoms with van der Waals surface area (Å²) >= 11 is 0. The summed E-state index contributed by atoms with van der Waals surface area (Å²) in [6.07, 6.45) is 34.7. The fraction of sp³-hybridized carbons (Fsp3) is 1.00. The van der Waals surface area contributed by atoms with E-state index in [0.717, 1.165) is 25.7 Å². The molecule has 0 aliphatic heterocycles. The van der Waals surface area contributed by atoms with Gasteiger partial charge in [0.25, 0.3) is 0 Å². The van der Waals surface area contributed by atoms with Gasteiger partial charge in [-0.2, -0.15) is 9.68 Å². The van der Waals surface area contributed by atoms with Crippen LogP contribution in [0.3, 0.4) is 0 Å². The highest BCUT2D eigenvalue weighted by atomic mass is 17.0. The zero-order chi connectivity index (χ0) is 26.8. The molecule has 0 aromatic heterocycles. The third kappa shape index (κ3) is 37.7. The molecule has 0 aromatic carbocycles. The van der Waals surface area contributed by atoms with Crippen LogP contribution in [0.25, 0.3) is 0 Å². The summed E-state index contributed by atoms with van der Waals surface area (Å²) in [5.41, 5.74) is 0. The molecule has 0 aliphatic carbocycles. The second-order valence-corrected chi connectivity index (χ2v) is 10.7. The number of rotatable bonds is 29. The number of unbranched alkanes of at least 4 members (excludes halogenated alkanes) is 23. The average molecular weight is 515 g/mol. The first-order valence-electron chi connectivity index (χ1n) is 16.5. The molecule has 0 fully saturated rings. The summed E-state index contributed by atoms with van der Waals surface area (Å²) in [4.78, 5) is 21.1. The molecule has 0 bridgehead atoms. The van der Waals surface area contributed by atoms with E-state index in [0.29, 0.717) is 13.2 Å². The zero-order valence-corrected chi connectivity index (χ0v) is 25.5. The lowest BCUT2D eigenvalue weighted by Crippen LogP contribution is -2.12. The molecule has 0 spiro atoms. The van der Waals surface area contributed by atoms with Gasteiger partial charge in [0.15, 0.2) is 13.2 Å². The van der Waals surface area contributed by atoms with Crippen molar-refractivity contribution in [2.24, 2.45) is 0 Å². The van der Waals surface area contributed by atoms with Crippen molar-refractivity contribution in [1.82, 2.24) is 0 Å². The second kappa shape index (κ2) is 36.4. The summed E-state index contributed by atoms with van der Waals surface area (Å²) in [6, 6.07) is 0. The molecule has 4 heteroatoms. The predicted molar refractivity (Wildman–Crippen MR) is 158 cm³/mol. The molecular formula is C32H68NO3+. The van der Waals surface area contributed by atoms with Gasteiger partial charge < -0.3 is 0 Å². The van der Waals surface area contributed by atoms with E-state index in [1.807, 2.05) is 0 Å². The Kier molecular flexibility index (Phi) is 37.7. The smallest absolute Gasteiger partial charge is 0.187 e. The Bertz CT molecular complexity index is 356. The van der Waals surface area contributed by atoms with Gasteiger partial charge in [0, 0.05) is 0 Å². The highest BCUT2D eigenvalue weighted by Crippen LogP contribution is 2.12. The van der Waals surface area contributed by atoms with Crippen LogP contribution >= 0.6 is 0 Å². The van der Waals surface area contributed by atoms with Crippen LogP contribution in [0.1, 0.15) is 195 Å².